The van der Waals surface area contributed by atoms with Crippen molar-refractivity contribution < 1.29 is 70.4 Å². The Kier molecular flexibility index (Phi) is 27.9. The molecule has 0 radical (unpaired) electrons. The van der Waals surface area contributed by atoms with E-state index in [-0.39, 0.29) is 21.7 Å². The summed E-state index contributed by atoms with van der Waals surface area (Å²) in [7, 11) is 0. The van der Waals surface area contributed by atoms with E-state index >= 15 is 0 Å². The van der Waals surface area contributed by atoms with Crippen molar-refractivity contribution in [1.82, 2.24) is 0 Å². The third-order valence-corrected chi connectivity index (χ3v) is 8.30. The molecule has 302 valence electrons. The molecule has 0 aliphatic carbocycles. The maximum Gasteiger partial charge on any atom is 2.00 e. The van der Waals surface area contributed by atoms with Gasteiger partial charge in [0.15, 0.2) is 23.0 Å². The normalized spacial score (nSPS) is 11.2. The van der Waals surface area contributed by atoms with Gasteiger partial charge >= 0.3 is 21.7 Å². The van der Waals surface area contributed by atoms with E-state index in [1.807, 2.05) is 24.3 Å². The maximum atomic E-state index is 11.4. The van der Waals surface area contributed by atoms with Gasteiger partial charge in [0.25, 0.3) is 0 Å². The Morgan fingerprint density at radius 3 is 0.868 bits per heavy atom. The van der Waals surface area contributed by atoms with Crippen molar-refractivity contribution in [3.8, 4) is 34.5 Å². The number of rotatable bonds is 28. The van der Waals surface area contributed by atoms with E-state index < -0.39 is 11.2 Å². The summed E-state index contributed by atoms with van der Waals surface area (Å²) in [5, 5.41) is 22.9. The van der Waals surface area contributed by atoms with Gasteiger partial charge in [-0.2, -0.15) is 0 Å². The third kappa shape index (κ3) is 17.9. The molecule has 53 heavy (non-hydrogen) atoms. The van der Waals surface area contributed by atoms with Crippen LogP contribution < -0.4 is 38.9 Å². The first kappa shape index (κ1) is 50.8. The predicted molar refractivity (Wildman–Crippen MR) is 204 cm³/mol. The minimum absolute atomic E-state index is 0. The van der Waals surface area contributed by atoms with Crippen LogP contribution in [-0.4, -0.2) is 39.6 Å². The molecule has 0 saturated carbocycles. The summed E-state index contributed by atoms with van der Waals surface area (Å²) in [6, 6.07) is 7.42. The van der Waals surface area contributed by atoms with Crippen molar-refractivity contribution in [2.24, 2.45) is 0 Å². The fraction of sp³-hybridized carbons (Fsp3) is 0.714. The van der Waals surface area contributed by atoms with Crippen molar-refractivity contribution in [1.29, 1.82) is 0 Å². The monoisotopic (exact) mass is 782 g/mol. The van der Waals surface area contributed by atoms with Gasteiger partial charge in [-0.1, -0.05) is 80.1 Å². The molecular weight excluding hydrogens is 712 g/mol. The van der Waals surface area contributed by atoms with Crippen LogP contribution in [0.2, 0.25) is 0 Å². The predicted octanol–water partition coefficient (Wildman–Crippen LogP) is 9.50. The number of benzene rings is 2. The molecule has 2 aromatic carbocycles. The van der Waals surface area contributed by atoms with Gasteiger partial charge in [-0.25, -0.2) is 0 Å². The molecule has 0 atom stereocenters. The summed E-state index contributed by atoms with van der Waals surface area (Å²) in [6.07, 6.45) is 11.9. The number of unbranched alkanes of at least 4 members (excludes halogenated alkanes) is 6. The van der Waals surface area contributed by atoms with E-state index in [4.69, 9.17) is 28.4 Å². The van der Waals surface area contributed by atoms with Gasteiger partial charge in [-0.05, 0) is 90.5 Å². The Morgan fingerprint density at radius 2 is 0.623 bits per heavy atom. The zero-order valence-electron chi connectivity index (χ0n) is 34.6. The molecule has 0 unspecified atom stereocenters. The van der Waals surface area contributed by atoms with Crippen LogP contribution in [0.25, 0.3) is 0 Å². The van der Waals surface area contributed by atoms with Gasteiger partial charge in [-0.15, -0.1) is 0 Å². The van der Waals surface area contributed by atoms with E-state index in [9.17, 15) is 10.5 Å². The summed E-state index contributed by atoms with van der Waals surface area (Å²) in [4.78, 5) is 9.07. The molecule has 0 heterocycles. The van der Waals surface area contributed by atoms with Crippen molar-refractivity contribution in [2.45, 2.75) is 157 Å². The molecule has 0 aliphatic rings. The van der Waals surface area contributed by atoms with Crippen LogP contribution in [-0.2, 0) is 42.7 Å². The Morgan fingerprint density at radius 1 is 0.396 bits per heavy atom. The van der Waals surface area contributed by atoms with Gasteiger partial charge in [0.1, 0.15) is 11.5 Å². The molecule has 2 rings (SSSR count). The van der Waals surface area contributed by atoms with Crippen molar-refractivity contribution in [3.05, 3.63) is 35.4 Å². The van der Waals surface area contributed by atoms with Crippen molar-refractivity contribution in [2.75, 3.05) is 39.6 Å². The smallest absolute Gasteiger partial charge is 0.723 e. The zero-order valence-corrected chi connectivity index (χ0v) is 36.2. The first-order valence-electron chi connectivity index (χ1n) is 19.8. The van der Waals surface area contributed by atoms with Crippen LogP contribution in [0.15, 0.2) is 24.3 Å². The average Bonchev–Trinajstić information content (AvgIpc) is 3.13. The van der Waals surface area contributed by atoms with Crippen LogP contribution in [0.3, 0.4) is 0 Å². The van der Waals surface area contributed by atoms with Crippen LogP contribution in [0.1, 0.15) is 157 Å². The fourth-order valence-electron chi connectivity index (χ4n) is 5.01. The SMILES string of the molecule is CCCCOc1ccc(OCCCC)c(C(C)(C)O[O-])c1OCCCC.CCCCOc1ccc(OCCCC)c(C(C)(C)O[O-])c1OCCCC.[Ti+2]. The summed E-state index contributed by atoms with van der Waals surface area (Å²) >= 11 is 0. The van der Waals surface area contributed by atoms with Gasteiger partial charge in [0, 0.05) is 0 Å². The summed E-state index contributed by atoms with van der Waals surface area (Å²) < 4.78 is 35.8. The maximum absolute atomic E-state index is 11.4. The van der Waals surface area contributed by atoms with E-state index in [1.54, 1.807) is 27.7 Å². The molecule has 0 fully saturated rings. The van der Waals surface area contributed by atoms with Crippen LogP contribution in [0, 0.1) is 0 Å². The number of hydrogen-bond acceptors (Lipinski definition) is 10. The minimum atomic E-state index is -1.09. The van der Waals surface area contributed by atoms with E-state index in [1.165, 1.54) is 0 Å². The molecule has 0 spiro atoms. The van der Waals surface area contributed by atoms with Gasteiger partial charge in [-0.3, -0.25) is 0 Å². The third-order valence-electron chi connectivity index (χ3n) is 8.30. The molecule has 0 saturated heterocycles. The molecule has 0 aromatic heterocycles. The second kappa shape index (κ2) is 29.1. The Labute approximate surface area is 336 Å². The second-order valence-corrected chi connectivity index (χ2v) is 13.9. The topological polar surface area (TPSA) is 120 Å². The first-order chi connectivity index (χ1) is 25.0. The Hall–Kier alpha value is -2.21. The van der Waals surface area contributed by atoms with E-state index in [2.05, 4.69) is 51.3 Å². The largest absolute Gasteiger partial charge is 2.00 e. The van der Waals surface area contributed by atoms with Gasteiger partial charge < -0.3 is 48.7 Å². The molecule has 10 nitrogen and oxygen atoms in total. The quantitative estimate of drug-likeness (QED) is 0.0357. The van der Waals surface area contributed by atoms with Gasteiger partial charge in [0.2, 0.25) is 0 Å². The number of ether oxygens (including phenoxy) is 6. The molecular formula is C42H70O10Ti. The average molecular weight is 783 g/mol. The summed E-state index contributed by atoms with van der Waals surface area (Å²) in [5.74, 6) is 3.63. The minimum Gasteiger partial charge on any atom is -0.723 e. The van der Waals surface area contributed by atoms with E-state index in [0.29, 0.717) is 85.3 Å². The van der Waals surface area contributed by atoms with E-state index in [0.717, 1.165) is 77.0 Å². The molecule has 0 bridgehead atoms. The van der Waals surface area contributed by atoms with Gasteiger partial charge in [0.05, 0.1) is 62.0 Å². The van der Waals surface area contributed by atoms with Crippen LogP contribution in [0.4, 0.5) is 0 Å². The van der Waals surface area contributed by atoms with Crippen LogP contribution in [0.5, 0.6) is 34.5 Å². The summed E-state index contributed by atoms with van der Waals surface area (Å²) in [5.41, 5.74) is -0.942. The zero-order chi connectivity index (χ0) is 38.8. The second-order valence-electron chi connectivity index (χ2n) is 13.9. The fourth-order valence-corrected chi connectivity index (χ4v) is 5.01. The first-order valence-corrected chi connectivity index (χ1v) is 19.8. The molecule has 0 N–H and O–H groups in total. The summed E-state index contributed by atoms with van der Waals surface area (Å²) in [6.45, 7) is 23.1. The standard InChI is InChI=1S/2C21H36O5.Ti/c2*1-6-9-14-23-17-12-13-18(24-15-10-7-2)20(25-16-11-8-3)19(17)21(4,5)26-22;/h2*12-13,22H,6-11,14-16H2,1-5H3;/q;;+2/p-2. The molecule has 0 amide bonds. The number of hydrogen-bond donors (Lipinski definition) is 0. The Bertz CT molecular complexity index is 1130. The van der Waals surface area contributed by atoms with Crippen molar-refractivity contribution >= 4 is 0 Å². The van der Waals surface area contributed by atoms with Crippen LogP contribution >= 0.6 is 0 Å². The molecule has 2 aromatic rings. The molecule has 11 heteroatoms. The Balaban J connectivity index is 0.00000100. The van der Waals surface area contributed by atoms with Crippen molar-refractivity contribution in [3.63, 3.8) is 0 Å². The molecule has 0 aliphatic heterocycles.